The van der Waals surface area contributed by atoms with Gasteiger partial charge in [0.1, 0.15) is 5.75 Å². The smallest absolute Gasteiger partial charge is 0.494 e. The molecule has 25 heavy (non-hydrogen) atoms. The van der Waals surface area contributed by atoms with E-state index in [0.717, 1.165) is 16.9 Å². The fourth-order valence-electron chi connectivity index (χ4n) is 2.72. The van der Waals surface area contributed by atoms with Gasteiger partial charge in [-0.05, 0) is 29.7 Å². The number of nitrogens with zero attached hydrogens (tertiary/aromatic N) is 2. The molecular formula is C17H19BN2O5. The van der Waals surface area contributed by atoms with E-state index in [-0.39, 0.29) is 18.9 Å². The van der Waals surface area contributed by atoms with Crippen LogP contribution in [-0.4, -0.2) is 45.5 Å². The zero-order valence-electron chi connectivity index (χ0n) is 14.1. The lowest BCUT2D eigenvalue weighted by Crippen LogP contribution is -2.35. The second kappa shape index (κ2) is 7.54. The first-order valence-electron chi connectivity index (χ1n) is 7.93. The van der Waals surface area contributed by atoms with Crippen molar-refractivity contribution in [2.24, 2.45) is 0 Å². The van der Waals surface area contributed by atoms with Crippen LogP contribution in [0.5, 0.6) is 5.75 Å². The number of non-ortho nitro benzene ring substituents is 1. The number of hydrogen-bond donors (Lipinski definition) is 0. The highest BCUT2D eigenvalue weighted by molar-refractivity contribution is 6.61. The molecule has 0 amide bonds. The van der Waals surface area contributed by atoms with Gasteiger partial charge in [-0.3, -0.25) is 10.1 Å². The molecule has 0 aliphatic carbocycles. The molecule has 8 heteroatoms. The molecule has 1 atom stereocenters. The van der Waals surface area contributed by atoms with E-state index in [2.05, 4.69) is 0 Å². The molecule has 0 aromatic heterocycles. The van der Waals surface area contributed by atoms with Crippen molar-refractivity contribution < 1.29 is 19.0 Å². The fourth-order valence-corrected chi connectivity index (χ4v) is 2.72. The van der Waals surface area contributed by atoms with E-state index in [4.69, 9.17) is 14.0 Å². The van der Waals surface area contributed by atoms with Crippen molar-refractivity contribution in [1.82, 2.24) is 0 Å². The summed E-state index contributed by atoms with van der Waals surface area (Å²) in [4.78, 5) is 12.3. The molecule has 0 N–H and O–H groups in total. The molecule has 2 aromatic carbocycles. The van der Waals surface area contributed by atoms with Crippen LogP contribution in [-0.2, 0) is 9.31 Å². The van der Waals surface area contributed by atoms with Crippen LogP contribution in [0.1, 0.15) is 0 Å². The van der Waals surface area contributed by atoms with E-state index < -0.39 is 4.92 Å². The van der Waals surface area contributed by atoms with Crippen LogP contribution < -0.4 is 15.1 Å². The lowest BCUT2D eigenvalue weighted by Gasteiger charge is -2.22. The van der Waals surface area contributed by atoms with Crippen molar-refractivity contribution in [3.8, 4) is 5.75 Å². The minimum Gasteiger partial charge on any atom is -0.497 e. The number of methoxy groups -OCH3 is 1. The first-order chi connectivity index (χ1) is 12.1. The molecule has 2 aromatic rings. The number of likely N-dealkylation sites (N-methyl/N-ethyl adjacent to an activating group) is 1. The third kappa shape index (κ3) is 4.10. The molecule has 1 fully saturated rings. The first kappa shape index (κ1) is 17.3. The van der Waals surface area contributed by atoms with E-state index in [9.17, 15) is 10.1 Å². The minimum absolute atomic E-state index is 0.0766. The Kier molecular flexibility index (Phi) is 5.21. The van der Waals surface area contributed by atoms with Gasteiger partial charge in [-0.1, -0.05) is 12.1 Å². The molecule has 0 spiro atoms. The first-order valence-corrected chi connectivity index (χ1v) is 7.93. The van der Waals surface area contributed by atoms with Crippen molar-refractivity contribution in [1.29, 1.82) is 0 Å². The number of anilines is 1. The Labute approximate surface area is 146 Å². The quantitative estimate of drug-likeness (QED) is 0.453. The van der Waals surface area contributed by atoms with Crippen molar-refractivity contribution >= 4 is 24.0 Å². The van der Waals surface area contributed by atoms with E-state index in [1.54, 1.807) is 19.2 Å². The SMILES string of the molecule is COc1ccc(B2OCC(CN(C)c3ccc([N+](=O)[O-])cc3)O2)cc1. The van der Waals surface area contributed by atoms with Crippen molar-refractivity contribution in [3.63, 3.8) is 0 Å². The van der Waals surface area contributed by atoms with Crippen molar-refractivity contribution in [2.45, 2.75) is 6.10 Å². The van der Waals surface area contributed by atoms with Crippen LogP contribution in [0.4, 0.5) is 11.4 Å². The second-order valence-corrected chi connectivity index (χ2v) is 5.85. The van der Waals surface area contributed by atoms with Crippen LogP contribution in [0.15, 0.2) is 48.5 Å². The zero-order chi connectivity index (χ0) is 17.8. The highest BCUT2D eigenvalue weighted by Crippen LogP contribution is 2.20. The molecule has 1 aliphatic heterocycles. The van der Waals surface area contributed by atoms with Crippen LogP contribution in [0, 0.1) is 10.1 Å². The molecule has 1 saturated heterocycles. The maximum atomic E-state index is 10.7. The summed E-state index contributed by atoms with van der Waals surface area (Å²) in [5, 5.41) is 10.7. The van der Waals surface area contributed by atoms with Crippen LogP contribution in [0.25, 0.3) is 0 Å². The van der Waals surface area contributed by atoms with Crippen LogP contribution >= 0.6 is 0 Å². The van der Waals surface area contributed by atoms with Gasteiger partial charge in [0, 0.05) is 31.4 Å². The average Bonchev–Trinajstić information content (AvgIpc) is 3.10. The van der Waals surface area contributed by atoms with E-state index >= 15 is 0 Å². The van der Waals surface area contributed by atoms with E-state index in [0.29, 0.717) is 13.2 Å². The fraction of sp³-hybridized carbons (Fsp3) is 0.294. The predicted octanol–water partition coefficient (Wildman–Crippen LogP) is 1.85. The summed E-state index contributed by atoms with van der Waals surface area (Å²) in [5.41, 5.74) is 1.92. The zero-order valence-corrected chi connectivity index (χ0v) is 14.1. The van der Waals surface area contributed by atoms with Crippen molar-refractivity contribution in [3.05, 3.63) is 58.6 Å². The number of rotatable bonds is 6. The highest BCUT2D eigenvalue weighted by Gasteiger charge is 2.33. The van der Waals surface area contributed by atoms with Gasteiger partial charge in [-0.2, -0.15) is 0 Å². The Morgan fingerprint density at radius 3 is 2.52 bits per heavy atom. The summed E-state index contributed by atoms with van der Waals surface area (Å²) in [6.45, 7) is 1.12. The molecule has 3 rings (SSSR count). The van der Waals surface area contributed by atoms with Crippen LogP contribution in [0.3, 0.4) is 0 Å². The van der Waals surface area contributed by atoms with Gasteiger partial charge in [-0.15, -0.1) is 0 Å². The molecule has 7 nitrogen and oxygen atoms in total. The molecule has 1 unspecified atom stereocenters. The summed E-state index contributed by atoms with van der Waals surface area (Å²) in [5.74, 6) is 0.788. The van der Waals surface area contributed by atoms with Gasteiger partial charge >= 0.3 is 7.12 Å². The van der Waals surface area contributed by atoms with Gasteiger partial charge < -0.3 is 18.9 Å². The van der Waals surface area contributed by atoms with Crippen LogP contribution in [0.2, 0.25) is 0 Å². The Hall–Kier alpha value is -2.58. The summed E-state index contributed by atoms with van der Waals surface area (Å²) in [7, 11) is 3.16. The molecule has 1 heterocycles. The van der Waals surface area contributed by atoms with Gasteiger partial charge in [-0.25, -0.2) is 0 Å². The molecule has 0 saturated carbocycles. The lowest BCUT2D eigenvalue weighted by atomic mass is 9.79. The summed E-state index contributed by atoms with van der Waals surface area (Å²) >= 11 is 0. The monoisotopic (exact) mass is 342 g/mol. The Bertz CT molecular complexity index is 723. The lowest BCUT2D eigenvalue weighted by molar-refractivity contribution is -0.384. The van der Waals surface area contributed by atoms with Gasteiger partial charge in [0.2, 0.25) is 0 Å². The number of nitro benzene ring substituents is 1. The van der Waals surface area contributed by atoms with E-state index in [1.165, 1.54) is 12.1 Å². The maximum absolute atomic E-state index is 10.7. The summed E-state index contributed by atoms with van der Waals surface area (Å²) < 4.78 is 16.8. The molecule has 130 valence electrons. The third-order valence-electron chi connectivity index (χ3n) is 4.12. The topological polar surface area (TPSA) is 74.1 Å². The number of hydrogen-bond acceptors (Lipinski definition) is 6. The molecular weight excluding hydrogens is 323 g/mol. The van der Waals surface area contributed by atoms with Gasteiger partial charge in [0.05, 0.1) is 24.7 Å². The Morgan fingerprint density at radius 2 is 1.92 bits per heavy atom. The largest absolute Gasteiger partial charge is 0.497 e. The average molecular weight is 342 g/mol. The summed E-state index contributed by atoms with van der Waals surface area (Å²) in [6, 6.07) is 14.0. The number of ether oxygens (including phenoxy) is 1. The van der Waals surface area contributed by atoms with Crippen molar-refractivity contribution in [2.75, 3.05) is 32.2 Å². The Balaban J connectivity index is 1.57. The molecule has 0 radical (unpaired) electrons. The third-order valence-corrected chi connectivity index (χ3v) is 4.12. The molecule has 1 aliphatic rings. The standard InChI is InChI=1S/C17H19BN2O5/c1-19(14-5-7-15(8-6-14)20(21)22)11-17-12-24-18(25-17)13-3-9-16(23-2)10-4-13/h3-10,17H,11-12H2,1-2H3. The predicted molar refractivity (Wildman–Crippen MR) is 95.6 cm³/mol. The van der Waals surface area contributed by atoms with E-state index in [1.807, 2.05) is 36.2 Å². The maximum Gasteiger partial charge on any atom is 0.494 e. The molecule has 0 bridgehead atoms. The highest BCUT2D eigenvalue weighted by atomic mass is 16.6. The summed E-state index contributed by atoms with van der Waals surface area (Å²) in [6.07, 6.45) is -0.0766. The minimum atomic E-state index is -0.406. The second-order valence-electron chi connectivity index (χ2n) is 5.85. The number of nitro groups is 1. The number of benzene rings is 2. The van der Waals surface area contributed by atoms with Gasteiger partial charge in [0.15, 0.2) is 0 Å². The Morgan fingerprint density at radius 1 is 1.24 bits per heavy atom. The normalized spacial score (nSPS) is 16.7. The van der Waals surface area contributed by atoms with Gasteiger partial charge in [0.25, 0.3) is 5.69 Å².